The summed E-state index contributed by atoms with van der Waals surface area (Å²) >= 11 is 0. The Morgan fingerprint density at radius 3 is 2.77 bits per heavy atom. The number of fused-ring (bicyclic) bond motifs is 1. The molecular weight excluding hydrogens is 376 g/mol. The second kappa shape index (κ2) is 8.49. The van der Waals surface area contributed by atoms with Gasteiger partial charge in [0.2, 0.25) is 5.91 Å². The maximum Gasteiger partial charge on any atom is 0.241 e. The third-order valence-corrected chi connectivity index (χ3v) is 5.08. The molecule has 0 fully saturated rings. The first-order valence-corrected chi connectivity index (χ1v) is 10.2. The van der Waals surface area contributed by atoms with Crippen molar-refractivity contribution in [1.29, 1.82) is 0 Å². The van der Waals surface area contributed by atoms with Gasteiger partial charge in [-0.3, -0.25) is 9.48 Å². The molecular formula is C23H26N6O. The van der Waals surface area contributed by atoms with Crippen molar-refractivity contribution in [3.8, 4) is 11.1 Å². The van der Waals surface area contributed by atoms with Gasteiger partial charge < -0.3 is 5.32 Å². The fourth-order valence-electron chi connectivity index (χ4n) is 3.69. The van der Waals surface area contributed by atoms with Crippen LogP contribution >= 0.6 is 0 Å². The molecule has 0 spiro atoms. The zero-order valence-corrected chi connectivity index (χ0v) is 17.6. The second-order valence-corrected chi connectivity index (χ2v) is 7.65. The van der Waals surface area contributed by atoms with E-state index < -0.39 is 0 Å². The summed E-state index contributed by atoms with van der Waals surface area (Å²) in [6.45, 7) is 7.58. The van der Waals surface area contributed by atoms with E-state index in [1.807, 2.05) is 37.0 Å². The van der Waals surface area contributed by atoms with Gasteiger partial charge in [0.05, 0.1) is 11.9 Å². The normalized spacial score (nSPS) is 11.2. The predicted octanol–water partition coefficient (Wildman–Crippen LogP) is 3.43. The van der Waals surface area contributed by atoms with Gasteiger partial charge in [-0.05, 0) is 49.9 Å². The van der Waals surface area contributed by atoms with E-state index in [2.05, 4.69) is 51.7 Å². The van der Waals surface area contributed by atoms with Crippen LogP contribution in [0.15, 0.2) is 48.9 Å². The first-order valence-electron chi connectivity index (χ1n) is 10.2. The molecule has 0 saturated heterocycles. The van der Waals surface area contributed by atoms with E-state index in [-0.39, 0.29) is 12.5 Å². The molecule has 0 saturated carbocycles. The fraction of sp³-hybridized carbons (Fsp3) is 0.304. The van der Waals surface area contributed by atoms with E-state index in [9.17, 15) is 4.79 Å². The maximum absolute atomic E-state index is 12.5. The molecule has 1 amide bonds. The van der Waals surface area contributed by atoms with Crippen molar-refractivity contribution in [2.45, 2.75) is 40.3 Å². The van der Waals surface area contributed by atoms with E-state index in [0.717, 1.165) is 46.4 Å². The van der Waals surface area contributed by atoms with Crippen LogP contribution in [0, 0.1) is 20.8 Å². The molecule has 7 heteroatoms. The van der Waals surface area contributed by atoms with Crippen molar-refractivity contribution in [3.63, 3.8) is 0 Å². The number of carbonyl (C=O) groups is 1. The smallest absolute Gasteiger partial charge is 0.241 e. The van der Waals surface area contributed by atoms with Crippen LogP contribution in [-0.2, 0) is 17.9 Å². The second-order valence-electron chi connectivity index (χ2n) is 7.65. The lowest BCUT2D eigenvalue weighted by atomic mass is 10.0. The Bertz CT molecular complexity index is 1190. The summed E-state index contributed by atoms with van der Waals surface area (Å²) in [6.07, 6.45) is 6.43. The molecule has 30 heavy (non-hydrogen) atoms. The predicted molar refractivity (Wildman–Crippen MR) is 117 cm³/mol. The van der Waals surface area contributed by atoms with Gasteiger partial charge in [0.1, 0.15) is 6.54 Å². The van der Waals surface area contributed by atoms with Gasteiger partial charge in [-0.1, -0.05) is 29.8 Å². The molecule has 0 unspecified atom stereocenters. The van der Waals surface area contributed by atoms with E-state index >= 15 is 0 Å². The number of carbonyl (C=O) groups excluding carboxylic acids is 1. The largest absolute Gasteiger partial charge is 0.354 e. The Morgan fingerprint density at radius 2 is 2.00 bits per heavy atom. The van der Waals surface area contributed by atoms with Crippen LogP contribution < -0.4 is 5.32 Å². The lowest BCUT2D eigenvalue weighted by Crippen LogP contribution is -2.29. The summed E-state index contributed by atoms with van der Waals surface area (Å²) in [6, 6.07) is 10.4. The summed E-state index contributed by atoms with van der Waals surface area (Å²) in [7, 11) is 0. The number of hydrogen-bond donors (Lipinski definition) is 1. The molecule has 4 rings (SSSR count). The fourth-order valence-corrected chi connectivity index (χ4v) is 3.69. The van der Waals surface area contributed by atoms with Crippen molar-refractivity contribution in [2.24, 2.45) is 0 Å². The standard InChI is InChI=1S/C23H26N6O/c1-16-6-4-7-19(12-16)20-8-10-25-23-22(20)18(3)27-29(23)15-21(30)24-9-5-11-28-14-17(2)13-26-28/h4,6-8,10,12-14H,5,9,11,15H2,1-3H3,(H,24,30). The Morgan fingerprint density at radius 1 is 1.13 bits per heavy atom. The highest BCUT2D eigenvalue weighted by Gasteiger charge is 2.15. The van der Waals surface area contributed by atoms with Gasteiger partial charge in [-0.25, -0.2) is 9.67 Å². The number of benzene rings is 1. The third kappa shape index (κ3) is 4.25. The summed E-state index contributed by atoms with van der Waals surface area (Å²) in [5.74, 6) is -0.0706. The Kier molecular flexibility index (Phi) is 5.61. The molecule has 0 atom stereocenters. The van der Waals surface area contributed by atoms with Gasteiger partial charge in [0.25, 0.3) is 0 Å². The van der Waals surface area contributed by atoms with Crippen molar-refractivity contribution in [3.05, 3.63) is 65.7 Å². The van der Waals surface area contributed by atoms with Crippen molar-refractivity contribution in [1.82, 2.24) is 29.9 Å². The van der Waals surface area contributed by atoms with Crippen LogP contribution in [-0.4, -0.2) is 37.0 Å². The summed E-state index contributed by atoms with van der Waals surface area (Å²) in [4.78, 5) is 17.0. The van der Waals surface area contributed by atoms with Crippen molar-refractivity contribution >= 4 is 16.9 Å². The van der Waals surface area contributed by atoms with Gasteiger partial charge in [-0.15, -0.1) is 0 Å². The molecule has 3 heterocycles. The lowest BCUT2D eigenvalue weighted by Gasteiger charge is -2.07. The molecule has 0 aliphatic carbocycles. The first-order chi connectivity index (χ1) is 14.5. The summed E-state index contributed by atoms with van der Waals surface area (Å²) in [5, 5.41) is 12.8. The molecule has 3 aromatic heterocycles. The Balaban J connectivity index is 1.45. The molecule has 7 nitrogen and oxygen atoms in total. The highest BCUT2D eigenvalue weighted by atomic mass is 16.2. The van der Waals surface area contributed by atoms with Crippen LogP contribution in [0.1, 0.15) is 23.2 Å². The topological polar surface area (TPSA) is 77.6 Å². The quantitative estimate of drug-likeness (QED) is 0.481. The van der Waals surface area contributed by atoms with Crippen LogP contribution in [0.2, 0.25) is 0 Å². The first kappa shape index (κ1) is 19.8. The van der Waals surface area contributed by atoms with Gasteiger partial charge in [-0.2, -0.15) is 10.2 Å². The summed E-state index contributed by atoms with van der Waals surface area (Å²) in [5.41, 5.74) is 6.15. The molecule has 0 aliphatic heterocycles. The van der Waals surface area contributed by atoms with E-state index in [1.54, 1.807) is 10.9 Å². The number of nitrogens with one attached hydrogen (secondary N) is 1. The molecule has 1 N–H and O–H groups in total. The SMILES string of the molecule is Cc1cccc(-c2ccnc3c2c(C)nn3CC(=O)NCCCn2cc(C)cn2)c1. The average molecular weight is 403 g/mol. The van der Waals surface area contributed by atoms with Gasteiger partial charge in [0, 0.05) is 30.9 Å². The highest BCUT2D eigenvalue weighted by Crippen LogP contribution is 2.30. The van der Waals surface area contributed by atoms with Crippen molar-refractivity contribution < 1.29 is 4.79 Å². The lowest BCUT2D eigenvalue weighted by molar-refractivity contribution is -0.121. The molecule has 0 bridgehead atoms. The zero-order chi connectivity index (χ0) is 21.1. The number of rotatable bonds is 7. The average Bonchev–Trinajstić information content (AvgIpc) is 3.28. The highest BCUT2D eigenvalue weighted by molar-refractivity contribution is 5.95. The number of nitrogens with zero attached hydrogens (tertiary/aromatic N) is 5. The van der Waals surface area contributed by atoms with Crippen LogP contribution in [0.3, 0.4) is 0 Å². The third-order valence-electron chi connectivity index (χ3n) is 5.08. The number of amides is 1. The number of aryl methyl sites for hydroxylation is 4. The minimum absolute atomic E-state index is 0.0706. The van der Waals surface area contributed by atoms with Gasteiger partial charge in [0.15, 0.2) is 5.65 Å². The molecule has 154 valence electrons. The van der Waals surface area contributed by atoms with E-state index in [0.29, 0.717) is 6.54 Å². The van der Waals surface area contributed by atoms with E-state index in [1.165, 1.54) is 5.56 Å². The minimum Gasteiger partial charge on any atom is -0.354 e. The molecule has 0 aliphatic rings. The monoisotopic (exact) mass is 402 g/mol. The minimum atomic E-state index is -0.0706. The van der Waals surface area contributed by atoms with Crippen LogP contribution in [0.5, 0.6) is 0 Å². The van der Waals surface area contributed by atoms with Crippen molar-refractivity contribution in [2.75, 3.05) is 6.54 Å². The molecule has 4 aromatic rings. The molecule has 1 aromatic carbocycles. The Hall–Kier alpha value is -3.48. The Labute approximate surface area is 175 Å². The van der Waals surface area contributed by atoms with Crippen LogP contribution in [0.25, 0.3) is 22.2 Å². The van der Waals surface area contributed by atoms with E-state index in [4.69, 9.17) is 0 Å². The summed E-state index contributed by atoms with van der Waals surface area (Å²) < 4.78 is 3.58. The number of aromatic nitrogens is 5. The van der Waals surface area contributed by atoms with Crippen LogP contribution in [0.4, 0.5) is 0 Å². The molecule has 0 radical (unpaired) electrons. The zero-order valence-electron chi connectivity index (χ0n) is 17.6. The number of hydrogen-bond acceptors (Lipinski definition) is 4. The van der Waals surface area contributed by atoms with Gasteiger partial charge >= 0.3 is 0 Å². The maximum atomic E-state index is 12.5. The number of pyridine rings is 1.